The molecule has 0 heterocycles. The molecule has 0 aliphatic rings. The maximum absolute atomic E-state index is 10.0. The summed E-state index contributed by atoms with van der Waals surface area (Å²) < 4.78 is 11.1. The summed E-state index contributed by atoms with van der Waals surface area (Å²) in [5.41, 5.74) is 1.05. The molecule has 0 fully saturated rings. The minimum Gasteiger partial charge on any atom is -0.497 e. The molecule has 0 aliphatic carbocycles. The van der Waals surface area contributed by atoms with Gasteiger partial charge < -0.3 is 14.6 Å². The van der Waals surface area contributed by atoms with Crippen LogP contribution in [-0.4, -0.2) is 24.9 Å². The Hall–Kier alpha value is -1.22. The van der Waals surface area contributed by atoms with Crippen LogP contribution in [0, 0.1) is 5.92 Å². The lowest BCUT2D eigenvalue weighted by Crippen LogP contribution is -2.25. The molecular weight excluding hydrogens is 252 g/mol. The van der Waals surface area contributed by atoms with E-state index in [1.807, 2.05) is 25.1 Å². The van der Waals surface area contributed by atoms with E-state index in [0.717, 1.165) is 23.5 Å². The van der Waals surface area contributed by atoms with Crippen LogP contribution in [0.3, 0.4) is 0 Å². The first-order valence-electron chi connectivity index (χ1n) is 7.29. The highest BCUT2D eigenvalue weighted by Gasteiger charge is 2.21. The van der Waals surface area contributed by atoms with E-state index in [4.69, 9.17) is 9.47 Å². The number of benzene rings is 1. The zero-order chi connectivity index (χ0) is 15.3. The second-order valence-corrected chi connectivity index (χ2v) is 6.38. The van der Waals surface area contributed by atoms with Gasteiger partial charge in [-0.2, -0.15) is 0 Å². The van der Waals surface area contributed by atoms with Crippen LogP contribution in [0.25, 0.3) is 0 Å². The molecule has 0 spiro atoms. The van der Waals surface area contributed by atoms with Gasteiger partial charge in [-0.25, -0.2) is 0 Å². The Morgan fingerprint density at radius 3 is 2.40 bits per heavy atom. The van der Waals surface area contributed by atoms with Gasteiger partial charge in [-0.05, 0) is 29.5 Å². The average Bonchev–Trinajstić information content (AvgIpc) is 2.42. The monoisotopic (exact) mass is 280 g/mol. The Kier molecular flexibility index (Phi) is 5.88. The van der Waals surface area contributed by atoms with Crippen molar-refractivity contribution in [3.63, 3.8) is 0 Å². The summed E-state index contributed by atoms with van der Waals surface area (Å²) in [5.74, 6) is 1.89. The van der Waals surface area contributed by atoms with Crippen molar-refractivity contribution in [2.24, 2.45) is 5.92 Å². The van der Waals surface area contributed by atoms with Gasteiger partial charge in [0.2, 0.25) is 0 Å². The quantitative estimate of drug-likeness (QED) is 0.862. The van der Waals surface area contributed by atoms with E-state index >= 15 is 0 Å². The van der Waals surface area contributed by atoms with Crippen molar-refractivity contribution in [3.8, 4) is 11.5 Å². The van der Waals surface area contributed by atoms with Crippen molar-refractivity contribution in [1.82, 2.24) is 0 Å². The van der Waals surface area contributed by atoms with E-state index in [1.165, 1.54) is 0 Å². The van der Waals surface area contributed by atoms with Gasteiger partial charge in [0.1, 0.15) is 18.1 Å². The van der Waals surface area contributed by atoms with Crippen LogP contribution < -0.4 is 9.47 Å². The van der Waals surface area contributed by atoms with Crippen molar-refractivity contribution < 1.29 is 14.6 Å². The Balaban J connectivity index is 2.89. The normalized spacial score (nSPS) is 14.8. The molecule has 1 N–H and O–H groups in total. The fourth-order valence-electron chi connectivity index (χ4n) is 1.96. The highest BCUT2D eigenvalue weighted by Crippen LogP contribution is 2.34. The largest absolute Gasteiger partial charge is 0.497 e. The molecule has 0 aliphatic heterocycles. The minimum atomic E-state index is -0.435. The average molecular weight is 280 g/mol. The molecule has 1 aromatic carbocycles. The van der Waals surface area contributed by atoms with E-state index in [1.54, 1.807) is 7.11 Å². The summed E-state index contributed by atoms with van der Waals surface area (Å²) in [6.45, 7) is 10.8. The Morgan fingerprint density at radius 2 is 1.90 bits per heavy atom. The Morgan fingerprint density at radius 1 is 1.25 bits per heavy atom. The first-order chi connectivity index (χ1) is 9.29. The molecule has 3 nitrogen and oxygen atoms in total. The van der Waals surface area contributed by atoms with Crippen molar-refractivity contribution in [2.75, 3.05) is 13.7 Å². The number of ether oxygens (including phenoxy) is 2. The second-order valence-electron chi connectivity index (χ2n) is 6.38. The second kappa shape index (κ2) is 6.98. The SMILES string of the molecule is CCC(C)C(O)COc1ccc(OC)cc1C(C)(C)C. The van der Waals surface area contributed by atoms with Crippen molar-refractivity contribution >= 4 is 0 Å². The third-order valence-electron chi connectivity index (χ3n) is 3.71. The molecule has 0 amide bonds. The van der Waals surface area contributed by atoms with Crippen molar-refractivity contribution in [3.05, 3.63) is 23.8 Å². The third kappa shape index (κ3) is 4.41. The number of rotatable bonds is 6. The van der Waals surface area contributed by atoms with E-state index in [0.29, 0.717) is 6.61 Å². The van der Waals surface area contributed by atoms with Crippen LogP contribution in [0.2, 0.25) is 0 Å². The molecule has 0 saturated heterocycles. The summed E-state index contributed by atoms with van der Waals surface area (Å²) in [6.07, 6.45) is 0.508. The van der Waals surface area contributed by atoms with Crippen LogP contribution in [0.5, 0.6) is 11.5 Å². The molecule has 20 heavy (non-hydrogen) atoms. The molecule has 0 bridgehead atoms. The lowest BCUT2D eigenvalue weighted by Gasteiger charge is -2.25. The number of hydrogen-bond acceptors (Lipinski definition) is 3. The van der Waals surface area contributed by atoms with Gasteiger partial charge in [-0.3, -0.25) is 0 Å². The van der Waals surface area contributed by atoms with Gasteiger partial charge in [0, 0.05) is 5.56 Å². The van der Waals surface area contributed by atoms with Gasteiger partial charge in [-0.15, -0.1) is 0 Å². The molecule has 1 rings (SSSR count). The van der Waals surface area contributed by atoms with Crippen molar-refractivity contribution in [1.29, 1.82) is 0 Å². The summed E-state index contributed by atoms with van der Waals surface area (Å²) in [7, 11) is 1.66. The first kappa shape index (κ1) is 16.8. The third-order valence-corrected chi connectivity index (χ3v) is 3.71. The smallest absolute Gasteiger partial charge is 0.123 e. The summed E-state index contributed by atoms with van der Waals surface area (Å²) in [6, 6.07) is 5.81. The highest BCUT2D eigenvalue weighted by atomic mass is 16.5. The molecule has 2 atom stereocenters. The zero-order valence-electron chi connectivity index (χ0n) is 13.6. The number of hydrogen-bond donors (Lipinski definition) is 1. The van der Waals surface area contributed by atoms with Crippen LogP contribution in [0.15, 0.2) is 18.2 Å². The predicted molar refractivity (Wildman–Crippen MR) is 82.7 cm³/mol. The van der Waals surface area contributed by atoms with Gasteiger partial charge >= 0.3 is 0 Å². The van der Waals surface area contributed by atoms with Gasteiger partial charge in [-0.1, -0.05) is 41.0 Å². The van der Waals surface area contributed by atoms with Crippen LogP contribution in [0.1, 0.15) is 46.6 Å². The summed E-state index contributed by atoms with van der Waals surface area (Å²) in [5, 5.41) is 10.0. The van der Waals surface area contributed by atoms with E-state index in [-0.39, 0.29) is 11.3 Å². The highest BCUT2D eigenvalue weighted by molar-refractivity contribution is 5.44. The van der Waals surface area contributed by atoms with E-state index in [2.05, 4.69) is 27.7 Å². The standard InChI is InChI=1S/C17H28O3/c1-7-12(2)15(18)11-20-16-9-8-13(19-6)10-14(16)17(3,4)5/h8-10,12,15,18H,7,11H2,1-6H3. The minimum absolute atomic E-state index is 0.0365. The molecule has 0 radical (unpaired) electrons. The molecule has 1 aromatic rings. The molecule has 0 aromatic heterocycles. The number of aliphatic hydroxyl groups is 1. The van der Waals surface area contributed by atoms with Gasteiger partial charge in [0.25, 0.3) is 0 Å². The van der Waals surface area contributed by atoms with E-state index < -0.39 is 6.10 Å². The Labute approximate surface area is 122 Å². The maximum Gasteiger partial charge on any atom is 0.123 e. The first-order valence-corrected chi connectivity index (χ1v) is 7.29. The van der Waals surface area contributed by atoms with Crippen molar-refractivity contribution in [2.45, 2.75) is 52.6 Å². The lowest BCUT2D eigenvalue weighted by atomic mass is 9.86. The van der Waals surface area contributed by atoms with Crippen LogP contribution in [0.4, 0.5) is 0 Å². The van der Waals surface area contributed by atoms with E-state index in [9.17, 15) is 5.11 Å². The lowest BCUT2D eigenvalue weighted by molar-refractivity contribution is 0.0614. The predicted octanol–water partition coefficient (Wildman–Crippen LogP) is 3.78. The topological polar surface area (TPSA) is 38.7 Å². The molecule has 0 saturated carbocycles. The van der Waals surface area contributed by atoms with Gasteiger partial charge in [0.15, 0.2) is 0 Å². The fourth-order valence-corrected chi connectivity index (χ4v) is 1.96. The summed E-state index contributed by atoms with van der Waals surface area (Å²) >= 11 is 0. The summed E-state index contributed by atoms with van der Waals surface area (Å²) in [4.78, 5) is 0. The van der Waals surface area contributed by atoms with Gasteiger partial charge in [0.05, 0.1) is 13.2 Å². The fraction of sp³-hybridized carbons (Fsp3) is 0.647. The molecule has 114 valence electrons. The number of aliphatic hydroxyl groups excluding tert-OH is 1. The molecule has 3 heteroatoms. The molecule has 2 unspecified atom stereocenters. The van der Waals surface area contributed by atoms with Crippen LogP contribution >= 0.6 is 0 Å². The number of methoxy groups -OCH3 is 1. The van der Waals surface area contributed by atoms with Crippen LogP contribution in [-0.2, 0) is 5.41 Å². The maximum atomic E-state index is 10.0. The zero-order valence-corrected chi connectivity index (χ0v) is 13.6. The Bertz CT molecular complexity index is 421. The molecular formula is C17H28O3.